The predicted molar refractivity (Wildman–Crippen MR) is 78.9 cm³/mol. The fourth-order valence-corrected chi connectivity index (χ4v) is 3.28. The first-order valence-electron chi connectivity index (χ1n) is 7.56. The van der Waals surface area contributed by atoms with E-state index >= 15 is 0 Å². The van der Waals surface area contributed by atoms with Gasteiger partial charge in [-0.1, -0.05) is 12.8 Å². The Kier molecular flexibility index (Phi) is 4.70. The molecule has 0 amide bonds. The molecule has 1 fully saturated rings. The highest BCUT2D eigenvalue weighted by Crippen LogP contribution is 2.44. The minimum atomic E-state index is -0.269. The summed E-state index contributed by atoms with van der Waals surface area (Å²) in [5.41, 5.74) is 7.30. The van der Waals surface area contributed by atoms with Gasteiger partial charge < -0.3 is 15.2 Å². The van der Waals surface area contributed by atoms with Crippen LogP contribution < -0.4 is 10.5 Å². The summed E-state index contributed by atoms with van der Waals surface area (Å²) in [5.74, 6) is 0.761. The highest BCUT2D eigenvalue weighted by Gasteiger charge is 2.43. The zero-order valence-electron chi connectivity index (χ0n) is 13.1. The van der Waals surface area contributed by atoms with E-state index in [0.29, 0.717) is 6.61 Å². The Morgan fingerprint density at radius 2 is 2.05 bits per heavy atom. The average molecular weight is 281 g/mol. The van der Waals surface area contributed by atoms with E-state index in [0.717, 1.165) is 24.3 Å². The van der Waals surface area contributed by atoms with Crippen LogP contribution in [0.4, 0.5) is 0 Å². The predicted octanol–water partition coefficient (Wildman–Crippen LogP) is 2.82. The number of hydrogen-bond acceptors (Lipinski definition) is 4. The minimum absolute atomic E-state index is 0.204. The standard InChI is InChI=1S/C15H27N3O2/c1-5-20-15(8-6-7-9-15)14(16)13-12(19-4)10-17-18(13)11(2)3/h10-11,14H,5-9,16H2,1-4H3. The van der Waals surface area contributed by atoms with Crippen molar-refractivity contribution < 1.29 is 9.47 Å². The van der Waals surface area contributed by atoms with E-state index in [2.05, 4.69) is 18.9 Å². The molecule has 1 unspecified atom stereocenters. The number of methoxy groups -OCH3 is 1. The fourth-order valence-electron chi connectivity index (χ4n) is 3.28. The smallest absolute Gasteiger partial charge is 0.161 e. The van der Waals surface area contributed by atoms with Crippen LogP contribution in [0.25, 0.3) is 0 Å². The van der Waals surface area contributed by atoms with E-state index in [-0.39, 0.29) is 17.7 Å². The van der Waals surface area contributed by atoms with Crippen molar-refractivity contribution in [2.75, 3.05) is 13.7 Å². The second kappa shape index (κ2) is 6.14. The Morgan fingerprint density at radius 3 is 2.55 bits per heavy atom. The van der Waals surface area contributed by atoms with Crippen LogP contribution in [0.1, 0.15) is 64.2 Å². The molecule has 114 valence electrons. The number of rotatable bonds is 6. The first-order chi connectivity index (χ1) is 9.55. The van der Waals surface area contributed by atoms with Crippen molar-refractivity contribution in [1.29, 1.82) is 0 Å². The Labute approximate surface area is 121 Å². The van der Waals surface area contributed by atoms with Crippen molar-refractivity contribution in [3.05, 3.63) is 11.9 Å². The minimum Gasteiger partial charge on any atom is -0.493 e. The molecule has 1 atom stereocenters. The molecule has 1 aromatic rings. The van der Waals surface area contributed by atoms with Crippen molar-refractivity contribution in [2.45, 2.75) is 64.1 Å². The number of aromatic nitrogens is 2. The summed E-state index contributed by atoms with van der Waals surface area (Å²) in [6, 6.07) is 0.0461. The molecule has 0 radical (unpaired) electrons. The van der Waals surface area contributed by atoms with E-state index in [4.69, 9.17) is 15.2 Å². The summed E-state index contributed by atoms with van der Waals surface area (Å²) in [7, 11) is 1.67. The summed E-state index contributed by atoms with van der Waals surface area (Å²) < 4.78 is 13.5. The van der Waals surface area contributed by atoms with Gasteiger partial charge in [-0.25, -0.2) is 0 Å². The van der Waals surface area contributed by atoms with Crippen LogP contribution in [0.2, 0.25) is 0 Å². The Morgan fingerprint density at radius 1 is 1.40 bits per heavy atom. The fraction of sp³-hybridized carbons (Fsp3) is 0.800. The molecule has 5 heteroatoms. The van der Waals surface area contributed by atoms with Gasteiger partial charge >= 0.3 is 0 Å². The summed E-state index contributed by atoms with van der Waals surface area (Å²) in [6.45, 7) is 6.92. The highest BCUT2D eigenvalue weighted by molar-refractivity contribution is 5.31. The van der Waals surface area contributed by atoms with Gasteiger partial charge in [-0.05, 0) is 33.6 Å². The van der Waals surface area contributed by atoms with Crippen LogP contribution in [0.15, 0.2) is 6.20 Å². The van der Waals surface area contributed by atoms with E-state index < -0.39 is 0 Å². The first kappa shape index (κ1) is 15.3. The monoisotopic (exact) mass is 281 g/mol. The van der Waals surface area contributed by atoms with Crippen LogP contribution in [0.3, 0.4) is 0 Å². The molecule has 0 aromatic carbocycles. The van der Waals surface area contributed by atoms with E-state index in [1.807, 2.05) is 11.6 Å². The molecule has 2 N–H and O–H groups in total. The van der Waals surface area contributed by atoms with Crippen LogP contribution in [0, 0.1) is 0 Å². The lowest BCUT2D eigenvalue weighted by atomic mass is 9.89. The summed E-state index contributed by atoms with van der Waals surface area (Å²) in [6.07, 6.45) is 6.12. The van der Waals surface area contributed by atoms with Crippen molar-refractivity contribution in [1.82, 2.24) is 9.78 Å². The SMILES string of the molecule is CCOC1(C(N)c2c(OC)cnn2C(C)C)CCCC1. The van der Waals surface area contributed by atoms with Gasteiger partial charge in [0, 0.05) is 12.6 Å². The molecule has 1 aliphatic rings. The van der Waals surface area contributed by atoms with E-state index in [9.17, 15) is 0 Å². The third kappa shape index (κ3) is 2.56. The molecule has 0 bridgehead atoms. The van der Waals surface area contributed by atoms with Crippen molar-refractivity contribution in [2.24, 2.45) is 5.73 Å². The zero-order chi connectivity index (χ0) is 14.8. The van der Waals surface area contributed by atoms with Crippen molar-refractivity contribution in [3.8, 4) is 5.75 Å². The van der Waals surface area contributed by atoms with Crippen LogP contribution in [-0.4, -0.2) is 29.1 Å². The normalized spacial score (nSPS) is 19.5. The van der Waals surface area contributed by atoms with Gasteiger partial charge in [0.05, 0.1) is 24.9 Å². The number of hydrogen-bond donors (Lipinski definition) is 1. The highest BCUT2D eigenvalue weighted by atomic mass is 16.5. The molecule has 2 rings (SSSR count). The van der Waals surface area contributed by atoms with E-state index in [1.54, 1.807) is 13.3 Å². The van der Waals surface area contributed by atoms with Crippen molar-refractivity contribution in [3.63, 3.8) is 0 Å². The molecule has 20 heavy (non-hydrogen) atoms. The maximum Gasteiger partial charge on any atom is 0.161 e. The molecule has 1 heterocycles. The lowest BCUT2D eigenvalue weighted by molar-refractivity contribution is -0.0559. The van der Waals surface area contributed by atoms with Gasteiger partial charge in [-0.3, -0.25) is 4.68 Å². The van der Waals surface area contributed by atoms with Crippen molar-refractivity contribution >= 4 is 0 Å². The maximum absolute atomic E-state index is 6.61. The lowest BCUT2D eigenvalue weighted by Gasteiger charge is -2.36. The maximum atomic E-state index is 6.61. The van der Waals surface area contributed by atoms with Crippen LogP contribution in [-0.2, 0) is 4.74 Å². The Balaban J connectivity index is 2.40. The van der Waals surface area contributed by atoms with Gasteiger partial charge in [0.15, 0.2) is 5.75 Å². The average Bonchev–Trinajstić information content (AvgIpc) is 3.04. The van der Waals surface area contributed by atoms with Gasteiger partial charge in [-0.15, -0.1) is 0 Å². The third-order valence-electron chi connectivity index (χ3n) is 4.25. The molecular formula is C15H27N3O2. The largest absolute Gasteiger partial charge is 0.493 e. The molecule has 5 nitrogen and oxygen atoms in total. The second-order valence-electron chi connectivity index (χ2n) is 5.82. The Bertz CT molecular complexity index is 436. The van der Waals surface area contributed by atoms with Gasteiger partial charge in [0.1, 0.15) is 5.69 Å². The van der Waals surface area contributed by atoms with Gasteiger partial charge in [0.25, 0.3) is 0 Å². The molecule has 1 saturated carbocycles. The second-order valence-corrected chi connectivity index (χ2v) is 5.82. The molecular weight excluding hydrogens is 254 g/mol. The number of nitrogens with two attached hydrogens (primary N) is 1. The molecule has 0 spiro atoms. The summed E-state index contributed by atoms with van der Waals surface area (Å²) in [5, 5.41) is 4.43. The first-order valence-corrected chi connectivity index (χ1v) is 7.56. The van der Waals surface area contributed by atoms with Crippen LogP contribution in [0.5, 0.6) is 5.75 Å². The molecule has 1 aliphatic carbocycles. The zero-order valence-corrected chi connectivity index (χ0v) is 13.1. The summed E-state index contributed by atoms with van der Waals surface area (Å²) in [4.78, 5) is 0. The quantitative estimate of drug-likeness (QED) is 0.871. The Hall–Kier alpha value is -1.07. The molecule has 1 aromatic heterocycles. The molecule has 0 aliphatic heterocycles. The van der Waals surface area contributed by atoms with E-state index in [1.165, 1.54) is 12.8 Å². The number of nitrogens with zero attached hydrogens (tertiary/aromatic N) is 2. The lowest BCUT2D eigenvalue weighted by Crippen LogP contribution is -2.43. The van der Waals surface area contributed by atoms with Gasteiger partial charge in [0.2, 0.25) is 0 Å². The summed E-state index contributed by atoms with van der Waals surface area (Å²) >= 11 is 0. The third-order valence-corrected chi connectivity index (χ3v) is 4.25. The topological polar surface area (TPSA) is 62.3 Å². The number of ether oxygens (including phenoxy) is 2. The van der Waals surface area contributed by atoms with Gasteiger partial charge in [-0.2, -0.15) is 5.10 Å². The molecule has 0 saturated heterocycles. The van der Waals surface area contributed by atoms with Crippen LogP contribution >= 0.6 is 0 Å².